The van der Waals surface area contributed by atoms with Gasteiger partial charge in [0.25, 0.3) is 0 Å². The highest BCUT2D eigenvalue weighted by atomic mass is 16.2. The van der Waals surface area contributed by atoms with Gasteiger partial charge in [-0.25, -0.2) is 0 Å². The maximum Gasteiger partial charge on any atom is 0.227 e. The first-order chi connectivity index (χ1) is 11.7. The van der Waals surface area contributed by atoms with Crippen molar-refractivity contribution >= 4 is 17.5 Å². The number of anilines is 1. The molecule has 1 unspecified atom stereocenters. The third-order valence-electron chi connectivity index (χ3n) is 5.87. The van der Waals surface area contributed by atoms with Crippen LogP contribution in [0.3, 0.4) is 0 Å². The quantitative estimate of drug-likeness (QED) is 0.887. The molecule has 24 heavy (non-hydrogen) atoms. The van der Waals surface area contributed by atoms with Crippen LogP contribution in [0.5, 0.6) is 0 Å². The Balaban J connectivity index is 1.34. The van der Waals surface area contributed by atoms with Crippen molar-refractivity contribution in [2.24, 2.45) is 11.3 Å². The van der Waals surface area contributed by atoms with Gasteiger partial charge in [-0.05, 0) is 61.9 Å². The van der Waals surface area contributed by atoms with Crippen LogP contribution in [0.25, 0.3) is 0 Å². The van der Waals surface area contributed by atoms with E-state index in [9.17, 15) is 9.59 Å². The summed E-state index contributed by atoms with van der Waals surface area (Å²) >= 11 is 0. The first-order valence-electron chi connectivity index (χ1n) is 9.06. The molecular formula is C19H25N3O2. The Morgan fingerprint density at radius 3 is 2.92 bits per heavy atom. The van der Waals surface area contributed by atoms with Crippen molar-refractivity contribution in [2.75, 3.05) is 24.5 Å². The van der Waals surface area contributed by atoms with Crippen LogP contribution in [0.2, 0.25) is 0 Å². The highest BCUT2D eigenvalue weighted by molar-refractivity contribution is 5.95. The fourth-order valence-corrected chi connectivity index (χ4v) is 4.26. The molecule has 2 N–H and O–H groups in total. The van der Waals surface area contributed by atoms with Crippen molar-refractivity contribution in [3.63, 3.8) is 0 Å². The van der Waals surface area contributed by atoms with E-state index < -0.39 is 0 Å². The second-order valence-corrected chi connectivity index (χ2v) is 7.41. The van der Waals surface area contributed by atoms with Crippen molar-refractivity contribution in [3.8, 4) is 0 Å². The van der Waals surface area contributed by atoms with E-state index in [4.69, 9.17) is 0 Å². The van der Waals surface area contributed by atoms with Gasteiger partial charge in [0, 0.05) is 31.1 Å². The maximum absolute atomic E-state index is 12.4. The zero-order valence-electron chi connectivity index (χ0n) is 14.0. The molecule has 128 valence electrons. The summed E-state index contributed by atoms with van der Waals surface area (Å²) in [6, 6.07) is 7.97. The van der Waals surface area contributed by atoms with Crippen LogP contribution >= 0.6 is 0 Å². The highest BCUT2D eigenvalue weighted by Gasteiger charge is 2.57. The minimum atomic E-state index is 0.194. The third kappa shape index (κ3) is 2.93. The molecule has 1 aromatic rings. The first-order valence-corrected chi connectivity index (χ1v) is 9.06. The van der Waals surface area contributed by atoms with E-state index in [0.717, 1.165) is 56.6 Å². The number of nitrogens with one attached hydrogen (secondary N) is 2. The molecular weight excluding hydrogens is 302 g/mol. The second kappa shape index (κ2) is 6.20. The van der Waals surface area contributed by atoms with E-state index in [1.807, 2.05) is 29.2 Å². The standard InChI is InChI=1S/C19H25N3O2/c23-17-5-2-10-22(17)15-4-1-3-14(11-15)13-21-18(24)16-12-19(16)6-8-20-9-7-19/h1,3-4,11,16,20H,2,5-10,12-13H2,(H,21,24). The monoisotopic (exact) mass is 327 g/mol. The zero-order valence-corrected chi connectivity index (χ0v) is 14.0. The maximum atomic E-state index is 12.4. The molecule has 0 radical (unpaired) electrons. The van der Waals surface area contributed by atoms with Gasteiger partial charge in [-0.2, -0.15) is 0 Å². The molecule has 1 aromatic carbocycles. The molecule has 2 saturated heterocycles. The average molecular weight is 327 g/mol. The summed E-state index contributed by atoms with van der Waals surface area (Å²) < 4.78 is 0. The normalized spacial score (nSPS) is 25.1. The molecule has 4 rings (SSSR count). The van der Waals surface area contributed by atoms with Crippen LogP contribution in [-0.2, 0) is 16.1 Å². The first kappa shape index (κ1) is 15.6. The fourth-order valence-electron chi connectivity index (χ4n) is 4.26. The van der Waals surface area contributed by atoms with Gasteiger partial charge in [0.15, 0.2) is 0 Å². The van der Waals surface area contributed by atoms with E-state index in [2.05, 4.69) is 10.6 Å². The number of nitrogens with zero attached hydrogens (tertiary/aromatic N) is 1. The van der Waals surface area contributed by atoms with E-state index in [1.165, 1.54) is 0 Å². The molecule has 0 bridgehead atoms. The van der Waals surface area contributed by atoms with Gasteiger partial charge in [-0.1, -0.05) is 12.1 Å². The fraction of sp³-hybridized carbons (Fsp3) is 0.579. The molecule has 1 aliphatic carbocycles. The van der Waals surface area contributed by atoms with Crippen LogP contribution in [0.4, 0.5) is 5.69 Å². The Labute approximate surface area is 142 Å². The number of piperidine rings is 1. The minimum absolute atomic E-state index is 0.194. The number of carbonyl (C=O) groups is 2. The Morgan fingerprint density at radius 1 is 1.33 bits per heavy atom. The largest absolute Gasteiger partial charge is 0.352 e. The van der Waals surface area contributed by atoms with Crippen molar-refractivity contribution in [3.05, 3.63) is 29.8 Å². The summed E-state index contributed by atoms with van der Waals surface area (Å²) in [5, 5.41) is 6.47. The van der Waals surface area contributed by atoms with E-state index in [-0.39, 0.29) is 23.1 Å². The van der Waals surface area contributed by atoms with E-state index in [1.54, 1.807) is 0 Å². The van der Waals surface area contributed by atoms with E-state index >= 15 is 0 Å². The average Bonchev–Trinajstić information content (AvgIpc) is 3.11. The third-order valence-corrected chi connectivity index (χ3v) is 5.87. The molecule has 5 nitrogen and oxygen atoms in total. The van der Waals surface area contributed by atoms with Gasteiger partial charge in [0.2, 0.25) is 11.8 Å². The molecule has 1 saturated carbocycles. The van der Waals surface area contributed by atoms with Gasteiger partial charge in [0.05, 0.1) is 0 Å². The summed E-state index contributed by atoms with van der Waals surface area (Å²) in [6.07, 6.45) is 4.86. The van der Waals surface area contributed by atoms with Crippen LogP contribution in [0, 0.1) is 11.3 Å². The van der Waals surface area contributed by atoms with E-state index in [0.29, 0.717) is 13.0 Å². The number of amides is 2. The second-order valence-electron chi connectivity index (χ2n) is 7.41. The van der Waals surface area contributed by atoms with Crippen molar-refractivity contribution in [1.29, 1.82) is 0 Å². The SMILES string of the molecule is O=C(NCc1cccc(N2CCCC2=O)c1)C1CC12CCNCC2. The lowest BCUT2D eigenvalue weighted by atomic mass is 9.92. The van der Waals surface area contributed by atoms with Crippen LogP contribution in [0.1, 0.15) is 37.7 Å². The number of rotatable bonds is 4. The molecule has 3 aliphatic rings. The Bertz CT molecular complexity index is 652. The molecule has 5 heteroatoms. The van der Waals surface area contributed by atoms with Gasteiger partial charge >= 0.3 is 0 Å². The van der Waals surface area contributed by atoms with Gasteiger partial charge in [-0.3, -0.25) is 9.59 Å². The van der Waals surface area contributed by atoms with Gasteiger partial charge in [-0.15, -0.1) is 0 Å². The summed E-state index contributed by atoms with van der Waals surface area (Å²) in [5.41, 5.74) is 2.28. The van der Waals surface area contributed by atoms with Gasteiger partial charge < -0.3 is 15.5 Å². The Morgan fingerprint density at radius 2 is 2.17 bits per heavy atom. The lowest BCUT2D eigenvalue weighted by Gasteiger charge is -2.23. The lowest BCUT2D eigenvalue weighted by Crippen LogP contribution is -2.33. The predicted octanol–water partition coefficient (Wildman–Crippen LogP) is 1.82. The van der Waals surface area contributed by atoms with Crippen LogP contribution in [0.15, 0.2) is 24.3 Å². The molecule has 2 heterocycles. The zero-order chi connectivity index (χ0) is 16.6. The molecule has 1 spiro atoms. The molecule has 0 aromatic heterocycles. The minimum Gasteiger partial charge on any atom is -0.352 e. The van der Waals surface area contributed by atoms with Crippen molar-refractivity contribution in [2.45, 2.75) is 38.6 Å². The highest BCUT2D eigenvalue weighted by Crippen LogP contribution is 2.58. The van der Waals surface area contributed by atoms with Crippen LogP contribution < -0.4 is 15.5 Å². The lowest BCUT2D eigenvalue weighted by molar-refractivity contribution is -0.123. The summed E-state index contributed by atoms with van der Waals surface area (Å²) in [4.78, 5) is 26.2. The van der Waals surface area contributed by atoms with Gasteiger partial charge in [0.1, 0.15) is 0 Å². The Kier molecular flexibility index (Phi) is 4.04. The molecule has 3 fully saturated rings. The number of hydrogen-bond acceptors (Lipinski definition) is 3. The molecule has 2 aliphatic heterocycles. The molecule has 2 amide bonds. The smallest absolute Gasteiger partial charge is 0.227 e. The van der Waals surface area contributed by atoms with Crippen LogP contribution in [-0.4, -0.2) is 31.4 Å². The topological polar surface area (TPSA) is 61.4 Å². The van der Waals surface area contributed by atoms with Crippen molar-refractivity contribution < 1.29 is 9.59 Å². The number of benzene rings is 1. The van der Waals surface area contributed by atoms with Crippen molar-refractivity contribution in [1.82, 2.24) is 10.6 Å². The number of hydrogen-bond donors (Lipinski definition) is 2. The summed E-state index contributed by atoms with van der Waals surface area (Å²) in [7, 11) is 0. The summed E-state index contributed by atoms with van der Waals surface area (Å²) in [6.45, 7) is 3.41. The summed E-state index contributed by atoms with van der Waals surface area (Å²) in [5.74, 6) is 0.588. The predicted molar refractivity (Wildman–Crippen MR) is 92.5 cm³/mol. The molecule has 1 atom stereocenters. The number of carbonyl (C=O) groups excluding carboxylic acids is 2. The Hall–Kier alpha value is -1.88.